The Balaban J connectivity index is 0.000000583. The summed E-state index contributed by atoms with van der Waals surface area (Å²) in [5.41, 5.74) is 2.74. The first-order chi connectivity index (χ1) is 7.86. The lowest BCUT2D eigenvalue weighted by atomic mass is 10.1. The zero-order valence-electron chi connectivity index (χ0n) is 8.89. The first-order valence-electron chi connectivity index (χ1n) is 4.98. The second kappa shape index (κ2) is 7.16. The molecule has 0 aliphatic rings. The molecule has 0 saturated carbocycles. The average Bonchev–Trinajstić information content (AvgIpc) is 2.33. The quantitative estimate of drug-likeness (QED) is 0.602. The van der Waals surface area contributed by atoms with Gasteiger partial charge < -0.3 is 0 Å². The summed E-state index contributed by atoms with van der Waals surface area (Å²) in [6.07, 6.45) is 1.78. The molecule has 16 heavy (non-hydrogen) atoms. The lowest BCUT2D eigenvalue weighted by Crippen LogP contribution is -1.85. The van der Waals surface area contributed by atoms with E-state index in [1.165, 1.54) is 11.1 Å². The molecule has 0 saturated heterocycles. The summed E-state index contributed by atoms with van der Waals surface area (Å²) >= 11 is 0. The molecule has 2 nitrogen and oxygen atoms in total. The fraction of sp³-hybridized carbons (Fsp3) is 0.0714. The fourth-order valence-corrected chi connectivity index (χ4v) is 1.43. The molecule has 0 atom stereocenters. The molecule has 0 aliphatic carbocycles. The van der Waals surface area contributed by atoms with E-state index in [9.17, 15) is 0 Å². The number of carbonyl (C=O) groups excluding carboxylic acids is 1. The lowest BCUT2D eigenvalue weighted by molar-refractivity contribution is 0.563. The minimum absolute atomic E-state index is 0. The zero-order valence-corrected chi connectivity index (χ0v) is 8.89. The van der Waals surface area contributed by atoms with Gasteiger partial charge in [-0.05, 0) is 17.5 Å². The van der Waals surface area contributed by atoms with Gasteiger partial charge in [-0.1, -0.05) is 60.7 Å². The van der Waals surface area contributed by atoms with E-state index in [0.29, 0.717) is 0 Å². The summed E-state index contributed by atoms with van der Waals surface area (Å²) in [5, 5.41) is 5.40. The Bertz CT molecular complexity index is 399. The third-order valence-electron chi connectivity index (χ3n) is 2.09. The van der Waals surface area contributed by atoms with Crippen molar-refractivity contribution in [1.82, 2.24) is 0 Å². The minimum Gasteiger partial charge on any atom is -0.222 e. The maximum atomic E-state index is 8.35. The van der Waals surface area contributed by atoms with Crippen molar-refractivity contribution in [3.8, 4) is 0 Å². The van der Waals surface area contributed by atoms with Crippen molar-refractivity contribution in [3.63, 3.8) is 0 Å². The summed E-state index contributed by atoms with van der Waals surface area (Å²) in [4.78, 5) is 8.35. The van der Waals surface area contributed by atoms with Crippen molar-refractivity contribution in [2.24, 2.45) is 0 Å². The predicted octanol–water partition coefficient (Wildman–Crippen LogP) is 3.42. The van der Waals surface area contributed by atoms with E-state index >= 15 is 0 Å². The minimum atomic E-state index is 0. The monoisotopic (exact) mass is 213 g/mol. The lowest BCUT2D eigenvalue weighted by Gasteiger charge is -2.00. The normalized spacial score (nSPS) is 8.50. The Morgan fingerprint density at radius 3 is 1.50 bits per heavy atom. The Labute approximate surface area is 96.6 Å². The summed E-state index contributed by atoms with van der Waals surface area (Å²) in [6.45, 7) is 0. The summed E-state index contributed by atoms with van der Waals surface area (Å²) in [7, 11) is 0. The second-order valence-electron chi connectivity index (χ2n) is 3.25. The van der Waals surface area contributed by atoms with Gasteiger partial charge in [-0.15, -0.1) is 0 Å². The van der Waals surface area contributed by atoms with Crippen molar-refractivity contribution >= 4 is 6.08 Å². The number of hydrogen-bond donors (Lipinski definition) is 1. The van der Waals surface area contributed by atoms with Crippen LogP contribution in [0, 0.1) is 5.41 Å². The molecule has 0 spiro atoms. The van der Waals surface area contributed by atoms with E-state index < -0.39 is 0 Å². The highest BCUT2D eigenvalue weighted by Crippen LogP contribution is 2.07. The van der Waals surface area contributed by atoms with Crippen LogP contribution >= 0.6 is 0 Å². The first kappa shape index (κ1) is 11.9. The van der Waals surface area contributed by atoms with E-state index in [1.54, 1.807) is 0 Å². The highest BCUT2D eigenvalue weighted by molar-refractivity contribution is 5.26. The van der Waals surface area contributed by atoms with Gasteiger partial charge >= 0.3 is 0 Å². The molecule has 82 valence electrons. The van der Waals surface area contributed by atoms with Gasteiger partial charge in [-0.25, -0.2) is 10.2 Å². The standard InChI is InChI=1S/C13H12.CHNO.H2/c1-3-7-12(8-4-1)11-13-9-5-2-6-10-13;2-1-3;/h1-10H,11H2;2H;1H. The number of benzene rings is 2. The molecule has 1 N–H and O–H groups in total. The predicted molar refractivity (Wildman–Crippen MR) is 66.2 cm³/mol. The Morgan fingerprint density at radius 1 is 0.875 bits per heavy atom. The van der Waals surface area contributed by atoms with Crippen LogP contribution in [0.1, 0.15) is 12.6 Å². The van der Waals surface area contributed by atoms with E-state index in [4.69, 9.17) is 10.2 Å². The van der Waals surface area contributed by atoms with E-state index in [1.807, 2.05) is 0 Å². The van der Waals surface area contributed by atoms with Gasteiger partial charge in [0.2, 0.25) is 6.08 Å². The van der Waals surface area contributed by atoms with Gasteiger partial charge in [0.15, 0.2) is 0 Å². The number of isocyanates is 1. The van der Waals surface area contributed by atoms with Gasteiger partial charge in [0.1, 0.15) is 0 Å². The fourth-order valence-electron chi connectivity index (χ4n) is 1.43. The molecule has 2 heteroatoms. The van der Waals surface area contributed by atoms with Gasteiger partial charge in [0, 0.05) is 1.43 Å². The topological polar surface area (TPSA) is 40.9 Å². The van der Waals surface area contributed by atoms with Crippen molar-refractivity contribution < 1.29 is 6.22 Å². The van der Waals surface area contributed by atoms with Crippen LogP contribution in [-0.2, 0) is 11.2 Å². The molecule has 0 bridgehead atoms. The highest BCUT2D eigenvalue weighted by Gasteiger charge is 1.92. The zero-order chi connectivity index (χ0) is 11.6. The molecule has 0 unspecified atom stereocenters. The van der Waals surface area contributed by atoms with Crippen LogP contribution in [0.4, 0.5) is 0 Å². The van der Waals surface area contributed by atoms with Crippen molar-refractivity contribution in [2.75, 3.05) is 0 Å². The SMILES string of the molecule is N=C=O.[HH].c1ccc(Cc2ccccc2)cc1. The van der Waals surface area contributed by atoms with E-state index in [0.717, 1.165) is 12.5 Å². The molecule has 0 heterocycles. The number of nitrogens with one attached hydrogen (secondary N) is 1. The molecular formula is C14H15NO. The van der Waals surface area contributed by atoms with Gasteiger partial charge in [0.05, 0.1) is 0 Å². The van der Waals surface area contributed by atoms with Crippen molar-refractivity contribution in [2.45, 2.75) is 6.42 Å². The smallest absolute Gasteiger partial charge is 0.222 e. The molecule has 0 aromatic heterocycles. The number of rotatable bonds is 2. The van der Waals surface area contributed by atoms with E-state index in [2.05, 4.69) is 60.7 Å². The van der Waals surface area contributed by atoms with Crippen LogP contribution < -0.4 is 0 Å². The number of hydrogen-bond acceptors (Lipinski definition) is 2. The van der Waals surface area contributed by atoms with E-state index in [-0.39, 0.29) is 1.43 Å². The molecule has 0 fully saturated rings. The van der Waals surface area contributed by atoms with Crippen LogP contribution in [0.15, 0.2) is 60.7 Å². The van der Waals surface area contributed by atoms with Crippen LogP contribution in [0.2, 0.25) is 0 Å². The molecule has 0 amide bonds. The van der Waals surface area contributed by atoms with Crippen molar-refractivity contribution in [3.05, 3.63) is 71.8 Å². The Kier molecular flexibility index (Phi) is 5.32. The van der Waals surface area contributed by atoms with Crippen LogP contribution in [0.5, 0.6) is 0 Å². The second-order valence-corrected chi connectivity index (χ2v) is 3.25. The maximum absolute atomic E-state index is 8.35. The average molecular weight is 213 g/mol. The molecule has 2 rings (SSSR count). The maximum Gasteiger partial charge on any atom is 0.231 e. The highest BCUT2D eigenvalue weighted by atomic mass is 16.1. The third kappa shape index (κ3) is 4.36. The summed E-state index contributed by atoms with van der Waals surface area (Å²) in [6, 6.07) is 21.1. The van der Waals surface area contributed by atoms with Gasteiger partial charge in [-0.2, -0.15) is 0 Å². The van der Waals surface area contributed by atoms with Gasteiger partial charge in [-0.3, -0.25) is 0 Å². The Hall–Kier alpha value is -2.18. The Morgan fingerprint density at radius 2 is 1.19 bits per heavy atom. The van der Waals surface area contributed by atoms with Crippen molar-refractivity contribution in [1.29, 1.82) is 5.41 Å². The molecule has 2 aromatic rings. The van der Waals surface area contributed by atoms with Crippen LogP contribution in [-0.4, -0.2) is 6.08 Å². The summed E-state index contributed by atoms with van der Waals surface area (Å²) in [5.74, 6) is 0. The van der Waals surface area contributed by atoms with Crippen LogP contribution in [0.3, 0.4) is 0 Å². The largest absolute Gasteiger partial charge is 0.231 e. The summed E-state index contributed by atoms with van der Waals surface area (Å²) < 4.78 is 0. The third-order valence-corrected chi connectivity index (χ3v) is 2.09. The molecule has 0 aliphatic heterocycles. The van der Waals surface area contributed by atoms with Gasteiger partial charge in [0.25, 0.3) is 0 Å². The molecule has 2 aromatic carbocycles. The first-order valence-corrected chi connectivity index (χ1v) is 4.98. The molecule has 0 radical (unpaired) electrons. The molecular weight excluding hydrogens is 198 g/mol. The van der Waals surface area contributed by atoms with Crippen LogP contribution in [0.25, 0.3) is 0 Å².